The summed E-state index contributed by atoms with van der Waals surface area (Å²) in [6.45, 7) is 0.488. The molecule has 0 aromatic heterocycles. The van der Waals surface area contributed by atoms with Gasteiger partial charge in [-0.1, -0.05) is 49.4 Å². The second-order valence-electron chi connectivity index (χ2n) is 9.03. The molecule has 7 heteroatoms. The van der Waals surface area contributed by atoms with E-state index < -0.39 is 24.4 Å². The Morgan fingerprint density at radius 2 is 1.32 bits per heavy atom. The highest BCUT2D eigenvalue weighted by atomic mass is 19.4. The van der Waals surface area contributed by atoms with Gasteiger partial charge in [-0.2, -0.15) is 13.2 Å². The van der Waals surface area contributed by atoms with Crippen LogP contribution in [0, 0.1) is 17.5 Å². The molecule has 0 fully saturated rings. The molecule has 4 rings (SSSR count). The number of halogens is 6. The first kappa shape index (κ1) is 26.6. The molecule has 0 spiro atoms. The maximum absolute atomic E-state index is 15.2. The summed E-state index contributed by atoms with van der Waals surface area (Å²) < 4.78 is 85.3. The van der Waals surface area contributed by atoms with Gasteiger partial charge in [-0.25, -0.2) is 13.2 Å². The first-order chi connectivity index (χ1) is 17.6. The quantitative estimate of drug-likeness (QED) is 0.203. The Morgan fingerprint density at radius 1 is 0.676 bits per heavy atom. The third-order valence-electron chi connectivity index (χ3n) is 6.38. The molecule has 4 aromatic rings. The molecule has 0 atom stereocenters. The Hall–Kier alpha value is -3.48. The lowest BCUT2D eigenvalue weighted by molar-refractivity contribution is -0.153. The largest absolute Gasteiger partial charge is 0.484 e. The number of rotatable bonds is 9. The van der Waals surface area contributed by atoms with Gasteiger partial charge in [0.25, 0.3) is 0 Å². The lowest BCUT2D eigenvalue weighted by Gasteiger charge is -2.11. The van der Waals surface area contributed by atoms with Crippen LogP contribution in [0.2, 0.25) is 0 Å². The van der Waals surface area contributed by atoms with Crippen LogP contribution in [0.15, 0.2) is 66.7 Å². The molecule has 0 radical (unpaired) electrons. The number of fused-ring (bicyclic) bond motifs is 1. The Kier molecular flexibility index (Phi) is 8.10. The molecule has 0 unspecified atom stereocenters. The molecule has 0 heterocycles. The van der Waals surface area contributed by atoms with Crippen LogP contribution in [-0.2, 0) is 32.1 Å². The fraction of sp³-hybridized carbons (Fsp3) is 0.267. The van der Waals surface area contributed by atoms with Crippen LogP contribution >= 0.6 is 0 Å². The van der Waals surface area contributed by atoms with Gasteiger partial charge in [-0.3, -0.25) is 0 Å². The first-order valence-electron chi connectivity index (χ1n) is 12.1. The summed E-state index contributed by atoms with van der Waals surface area (Å²) in [5, 5.41) is 1.16. The zero-order valence-electron chi connectivity index (χ0n) is 20.3. The normalized spacial score (nSPS) is 11.8. The Morgan fingerprint density at radius 3 is 1.97 bits per heavy atom. The number of aryl methyl sites for hydroxylation is 4. The van der Waals surface area contributed by atoms with Gasteiger partial charge in [0, 0.05) is 10.9 Å². The minimum atomic E-state index is -4.40. The van der Waals surface area contributed by atoms with Gasteiger partial charge < -0.3 is 4.74 Å². The molecule has 37 heavy (non-hydrogen) atoms. The summed E-state index contributed by atoms with van der Waals surface area (Å²) in [5.41, 5.74) is 2.89. The smallest absolute Gasteiger partial charge is 0.422 e. The molecule has 0 amide bonds. The molecule has 1 nitrogen and oxygen atoms in total. The summed E-state index contributed by atoms with van der Waals surface area (Å²) in [6.07, 6.45) is -2.30. The van der Waals surface area contributed by atoms with Crippen molar-refractivity contribution >= 4 is 10.8 Å². The van der Waals surface area contributed by atoms with E-state index >= 15 is 4.39 Å². The molecule has 194 valence electrons. The molecular formula is C30H26F6O. The van der Waals surface area contributed by atoms with Crippen molar-refractivity contribution in [2.24, 2.45) is 0 Å². The molecule has 0 aliphatic rings. The second kappa shape index (κ2) is 11.3. The van der Waals surface area contributed by atoms with Crippen molar-refractivity contribution in [3.8, 4) is 5.75 Å². The van der Waals surface area contributed by atoms with Crippen molar-refractivity contribution in [1.82, 2.24) is 0 Å². The maximum atomic E-state index is 15.2. The lowest BCUT2D eigenvalue weighted by atomic mass is 9.97. The highest BCUT2D eigenvalue weighted by Gasteiger charge is 2.28. The van der Waals surface area contributed by atoms with Crippen molar-refractivity contribution in [3.05, 3.63) is 112 Å². The average Bonchev–Trinajstić information content (AvgIpc) is 2.86. The van der Waals surface area contributed by atoms with E-state index in [0.29, 0.717) is 47.6 Å². The zero-order valence-corrected chi connectivity index (χ0v) is 20.3. The van der Waals surface area contributed by atoms with Crippen LogP contribution in [0.3, 0.4) is 0 Å². The standard InChI is InChI=1S/C30H26F6O/c1-2-19-16-27(31)26(28(32)17-19)14-7-21-6-13-25-23(15-21)10-9-22(29(25)33)8-3-20-4-11-24(12-5-20)37-18-30(34,35)36/h4-6,9-13,15-17H,2-3,7-8,14,18H2,1H3. The first-order valence-corrected chi connectivity index (χ1v) is 12.1. The number of ether oxygens (including phenoxy) is 1. The molecule has 4 aromatic carbocycles. The van der Waals surface area contributed by atoms with Crippen LogP contribution in [0.4, 0.5) is 26.3 Å². The number of hydrogen-bond acceptors (Lipinski definition) is 1. The van der Waals surface area contributed by atoms with Gasteiger partial charge >= 0.3 is 6.18 Å². The average molecular weight is 517 g/mol. The van der Waals surface area contributed by atoms with E-state index in [2.05, 4.69) is 0 Å². The van der Waals surface area contributed by atoms with Crippen molar-refractivity contribution in [3.63, 3.8) is 0 Å². The van der Waals surface area contributed by atoms with Crippen LogP contribution in [-0.4, -0.2) is 12.8 Å². The summed E-state index contributed by atoms with van der Waals surface area (Å²) in [5.74, 6) is -1.30. The third kappa shape index (κ3) is 6.85. The number of hydrogen-bond donors (Lipinski definition) is 0. The summed E-state index contributed by atoms with van der Waals surface area (Å²) in [7, 11) is 0. The van der Waals surface area contributed by atoms with E-state index in [1.165, 1.54) is 24.3 Å². The Balaban J connectivity index is 1.40. The van der Waals surface area contributed by atoms with Crippen LogP contribution in [0.25, 0.3) is 10.8 Å². The molecule has 0 N–H and O–H groups in total. The predicted octanol–water partition coefficient (Wildman–Crippen LogP) is 8.33. The Bertz CT molecular complexity index is 1350. The highest BCUT2D eigenvalue weighted by molar-refractivity contribution is 5.84. The summed E-state index contributed by atoms with van der Waals surface area (Å²) in [6, 6.07) is 17.8. The monoisotopic (exact) mass is 516 g/mol. The van der Waals surface area contributed by atoms with Crippen LogP contribution in [0.1, 0.15) is 34.7 Å². The van der Waals surface area contributed by atoms with E-state index in [4.69, 9.17) is 4.74 Å². The summed E-state index contributed by atoms with van der Waals surface area (Å²) in [4.78, 5) is 0. The molecule has 0 saturated carbocycles. The topological polar surface area (TPSA) is 9.23 Å². The minimum absolute atomic E-state index is 0.0544. The minimum Gasteiger partial charge on any atom is -0.484 e. The Labute approximate surface area is 211 Å². The number of alkyl halides is 3. The highest BCUT2D eigenvalue weighted by Crippen LogP contribution is 2.26. The fourth-order valence-corrected chi connectivity index (χ4v) is 4.30. The fourth-order valence-electron chi connectivity index (χ4n) is 4.30. The van der Waals surface area contributed by atoms with Crippen molar-refractivity contribution < 1.29 is 31.1 Å². The van der Waals surface area contributed by atoms with Crippen molar-refractivity contribution in [2.75, 3.05) is 6.61 Å². The van der Waals surface area contributed by atoms with Crippen LogP contribution < -0.4 is 4.74 Å². The summed E-state index contributed by atoms with van der Waals surface area (Å²) >= 11 is 0. The van der Waals surface area contributed by atoms with E-state index in [0.717, 1.165) is 11.1 Å². The van der Waals surface area contributed by atoms with E-state index in [1.807, 2.05) is 19.1 Å². The van der Waals surface area contributed by atoms with Gasteiger partial charge in [0.05, 0.1) is 0 Å². The van der Waals surface area contributed by atoms with Gasteiger partial charge in [0.1, 0.15) is 23.2 Å². The molecule has 0 bridgehead atoms. The van der Waals surface area contributed by atoms with Gasteiger partial charge in [0.15, 0.2) is 6.61 Å². The van der Waals surface area contributed by atoms with Crippen molar-refractivity contribution in [2.45, 2.75) is 45.2 Å². The molecular weight excluding hydrogens is 490 g/mol. The predicted molar refractivity (Wildman–Crippen MR) is 132 cm³/mol. The zero-order chi connectivity index (χ0) is 26.6. The maximum Gasteiger partial charge on any atom is 0.422 e. The number of benzene rings is 4. The lowest BCUT2D eigenvalue weighted by Crippen LogP contribution is -2.19. The van der Waals surface area contributed by atoms with E-state index in [9.17, 15) is 22.0 Å². The third-order valence-corrected chi connectivity index (χ3v) is 6.38. The van der Waals surface area contributed by atoms with E-state index in [1.54, 1.807) is 30.3 Å². The van der Waals surface area contributed by atoms with Gasteiger partial charge in [-0.05, 0) is 84.0 Å². The molecule has 0 aliphatic carbocycles. The molecule has 0 saturated heterocycles. The van der Waals surface area contributed by atoms with Gasteiger partial charge in [-0.15, -0.1) is 0 Å². The van der Waals surface area contributed by atoms with Crippen molar-refractivity contribution in [1.29, 1.82) is 0 Å². The second-order valence-corrected chi connectivity index (χ2v) is 9.03. The SMILES string of the molecule is CCc1cc(F)c(CCc2ccc3c(F)c(CCc4ccc(OCC(F)(F)F)cc4)ccc3c2)c(F)c1. The van der Waals surface area contributed by atoms with E-state index in [-0.39, 0.29) is 23.6 Å². The molecule has 0 aliphatic heterocycles. The van der Waals surface area contributed by atoms with Gasteiger partial charge in [0.2, 0.25) is 0 Å². The van der Waals surface area contributed by atoms with Crippen LogP contribution in [0.5, 0.6) is 5.75 Å².